The fourth-order valence-corrected chi connectivity index (χ4v) is 1.87. The number of carbonyl (C=O) groups is 1. The summed E-state index contributed by atoms with van der Waals surface area (Å²) in [5, 5.41) is 0. The van der Waals surface area contributed by atoms with Crippen molar-refractivity contribution in [3.8, 4) is 5.88 Å². The quantitative estimate of drug-likeness (QED) is 0.721. The predicted octanol–water partition coefficient (Wildman–Crippen LogP) is 0.508. The third kappa shape index (κ3) is 2.46. The number of piperazine rings is 1. The molecule has 0 N–H and O–H groups in total. The van der Waals surface area contributed by atoms with Gasteiger partial charge in [-0.05, 0) is 0 Å². The topological polar surface area (TPSA) is 45.7 Å². The number of amides is 1. The minimum atomic E-state index is -0.390. The van der Waals surface area contributed by atoms with Crippen LogP contribution in [0.4, 0.5) is 10.1 Å². The van der Waals surface area contributed by atoms with Gasteiger partial charge in [-0.3, -0.25) is 4.79 Å². The van der Waals surface area contributed by atoms with E-state index < -0.39 is 5.82 Å². The molecule has 1 aliphatic rings. The first kappa shape index (κ1) is 11.6. The zero-order chi connectivity index (χ0) is 12.3. The lowest BCUT2D eigenvalue weighted by atomic mass is 10.2. The fourth-order valence-electron chi connectivity index (χ4n) is 1.87. The van der Waals surface area contributed by atoms with Gasteiger partial charge < -0.3 is 14.5 Å². The predicted molar refractivity (Wildman–Crippen MR) is 60.6 cm³/mol. The summed E-state index contributed by atoms with van der Waals surface area (Å²) in [5.74, 6) is 0.0181. The Kier molecular flexibility index (Phi) is 3.41. The van der Waals surface area contributed by atoms with Crippen molar-refractivity contribution in [1.82, 2.24) is 9.88 Å². The highest BCUT2D eigenvalue weighted by Gasteiger charge is 2.19. The van der Waals surface area contributed by atoms with Crippen molar-refractivity contribution in [2.75, 3.05) is 38.2 Å². The van der Waals surface area contributed by atoms with Crippen LogP contribution in [0.2, 0.25) is 0 Å². The zero-order valence-corrected chi connectivity index (χ0v) is 9.60. The lowest BCUT2D eigenvalue weighted by Gasteiger charge is -2.34. The van der Waals surface area contributed by atoms with Crippen LogP contribution < -0.4 is 9.64 Å². The summed E-state index contributed by atoms with van der Waals surface area (Å²) in [6.07, 6.45) is 1.96. The number of aromatic nitrogens is 1. The first-order chi connectivity index (χ1) is 8.24. The maximum atomic E-state index is 13.2. The summed E-state index contributed by atoms with van der Waals surface area (Å²) in [4.78, 5) is 18.1. The van der Waals surface area contributed by atoms with Crippen LogP contribution in [0.3, 0.4) is 0 Å². The molecule has 1 fully saturated rings. The minimum Gasteiger partial charge on any atom is -0.480 e. The number of hydrogen-bond donors (Lipinski definition) is 0. The number of anilines is 1. The molecule has 0 aliphatic carbocycles. The van der Waals surface area contributed by atoms with E-state index in [9.17, 15) is 9.18 Å². The first-order valence-electron chi connectivity index (χ1n) is 5.38. The molecule has 17 heavy (non-hydrogen) atoms. The van der Waals surface area contributed by atoms with Crippen LogP contribution in [0.1, 0.15) is 0 Å². The van der Waals surface area contributed by atoms with Gasteiger partial charge in [-0.15, -0.1) is 0 Å². The molecule has 92 valence electrons. The van der Waals surface area contributed by atoms with Gasteiger partial charge in [0.2, 0.25) is 12.3 Å². The van der Waals surface area contributed by atoms with Gasteiger partial charge in [-0.25, -0.2) is 9.37 Å². The summed E-state index contributed by atoms with van der Waals surface area (Å²) < 4.78 is 18.3. The van der Waals surface area contributed by atoms with Crippen LogP contribution in [0.15, 0.2) is 12.3 Å². The Morgan fingerprint density at radius 3 is 2.71 bits per heavy atom. The second kappa shape index (κ2) is 4.99. The van der Waals surface area contributed by atoms with Crippen LogP contribution in [0, 0.1) is 5.82 Å². The van der Waals surface area contributed by atoms with Crippen LogP contribution in [0.5, 0.6) is 5.88 Å². The van der Waals surface area contributed by atoms with Gasteiger partial charge in [-0.1, -0.05) is 0 Å². The van der Waals surface area contributed by atoms with E-state index in [1.54, 1.807) is 4.90 Å². The SMILES string of the molecule is COc1ncc(F)cc1N1CCN(C=O)CC1. The molecule has 0 bridgehead atoms. The Morgan fingerprint density at radius 1 is 1.41 bits per heavy atom. The number of ether oxygens (including phenoxy) is 1. The standard InChI is InChI=1S/C11H14FN3O2/c1-17-11-10(6-9(12)7-13-11)15-4-2-14(8-16)3-5-15/h6-8H,2-5H2,1H3. The van der Waals surface area contributed by atoms with Crippen LogP contribution in [0.25, 0.3) is 0 Å². The highest BCUT2D eigenvalue weighted by atomic mass is 19.1. The second-order valence-electron chi connectivity index (χ2n) is 3.81. The molecule has 0 spiro atoms. The number of carbonyl (C=O) groups excluding carboxylic acids is 1. The smallest absolute Gasteiger partial charge is 0.237 e. The zero-order valence-electron chi connectivity index (χ0n) is 9.60. The molecule has 5 nitrogen and oxygen atoms in total. The third-order valence-corrected chi connectivity index (χ3v) is 2.80. The van der Waals surface area contributed by atoms with Crippen molar-refractivity contribution < 1.29 is 13.9 Å². The molecule has 1 aliphatic heterocycles. The number of halogens is 1. The number of rotatable bonds is 3. The number of pyridine rings is 1. The summed E-state index contributed by atoms with van der Waals surface area (Å²) in [7, 11) is 1.51. The normalized spacial score (nSPS) is 15.9. The molecule has 2 rings (SSSR count). The molecule has 1 saturated heterocycles. The molecule has 0 unspecified atom stereocenters. The lowest BCUT2D eigenvalue weighted by Crippen LogP contribution is -2.45. The molecule has 0 atom stereocenters. The van der Waals surface area contributed by atoms with Gasteiger partial charge in [0.1, 0.15) is 11.5 Å². The van der Waals surface area contributed by atoms with Gasteiger partial charge in [0.15, 0.2) is 0 Å². The number of hydrogen-bond acceptors (Lipinski definition) is 4. The fraction of sp³-hybridized carbons (Fsp3) is 0.455. The van der Waals surface area contributed by atoms with E-state index >= 15 is 0 Å². The molecular formula is C11H14FN3O2. The summed E-state index contributed by atoms with van der Waals surface area (Å²) in [6.45, 7) is 2.56. The van der Waals surface area contributed by atoms with Gasteiger partial charge in [0, 0.05) is 32.2 Å². The highest BCUT2D eigenvalue weighted by Crippen LogP contribution is 2.26. The molecule has 2 heterocycles. The summed E-state index contributed by atoms with van der Waals surface area (Å²) in [6, 6.07) is 1.41. The average Bonchev–Trinajstić information content (AvgIpc) is 2.39. The molecule has 6 heteroatoms. The Bertz CT molecular complexity index is 406. The average molecular weight is 239 g/mol. The molecule has 1 aromatic heterocycles. The molecule has 0 aromatic carbocycles. The molecule has 1 aromatic rings. The monoisotopic (exact) mass is 239 g/mol. The maximum absolute atomic E-state index is 13.2. The largest absolute Gasteiger partial charge is 0.480 e. The van der Waals surface area contributed by atoms with Gasteiger partial charge in [-0.2, -0.15) is 0 Å². The second-order valence-corrected chi connectivity index (χ2v) is 3.81. The Morgan fingerprint density at radius 2 is 2.12 bits per heavy atom. The van der Waals surface area contributed by atoms with Crippen molar-refractivity contribution in [2.24, 2.45) is 0 Å². The van der Waals surface area contributed by atoms with Crippen LogP contribution >= 0.6 is 0 Å². The van der Waals surface area contributed by atoms with E-state index in [2.05, 4.69) is 4.98 Å². The van der Waals surface area contributed by atoms with E-state index in [0.29, 0.717) is 37.7 Å². The van der Waals surface area contributed by atoms with Crippen LogP contribution in [-0.2, 0) is 4.79 Å². The van der Waals surface area contributed by atoms with Crippen molar-refractivity contribution in [3.63, 3.8) is 0 Å². The van der Waals surface area contributed by atoms with Crippen LogP contribution in [-0.4, -0.2) is 49.6 Å². The van der Waals surface area contributed by atoms with Crippen molar-refractivity contribution in [1.29, 1.82) is 0 Å². The minimum absolute atomic E-state index is 0.390. The lowest BCUT2D eigenvalue weighted by molar-refractivity contribution is -0.118. The Balaban J connectivity index is 2.17. The van der Waals surface area contributed by atoms with Gasteiger partial charge >= 0.3 is 0 Å². The first-order valence-corrected chi connectivity index (χ1v) is 5.38. The van der Waals surface area contributed by atoms with Gasteiger partial charge in [0.25, 0.3) is 0 Å². The molecule has 1 amide bonds. The van der Waals surface area contributed by atoms with Crippen molar-refractivity contribution >= 4 is 12.1 Å². The van der Waals surface area contributed by atoms with E-state index in [-0.39, 0.29) is 0 Å². The Hall–Kier alpha value is -1.85. The number of methoxy groups -OCH3 is 1. The molecular weight excluding hydrogens is 225 g/mol. The van der Waals surface area contributed by atoms with E-state index in [4.69, 9.17) is 4.74 Å². The summed E-state index contributed by atoms with van der Waals surface area (Å²) >= 11 is 0. The summed E-state index contributed by atoms with van der Waals surface area (Å²) in [5.41, 5.74) is 0.637. The molecule has 0 saturated carbocycles. The van der Waals surface area contributed by atoms with E-state index in [0.717, 1.165) is 12.6 Å². The van der Waals surface area contributed by atoms with Gasteiger partial charge in [0.05, 0.1) is 13.3 Å². The Labute approximate surface area is 98.8 Å². The molecule has 0 radical (unpaired) electrons. The maximum Gasteiger partial charge on any atom is 0.237 e. The van der Waals surface area contributed by atoms with E-state index in [1.807, 2.05) is 4.90 Å². The van der Waals surface area contributed by atoms with Crippen molar-refractivity contribution in [2.45, 2.75) is 0 Å². The van der Waals surface area contributed by atoms with E-state index in [1.165, 1.54) is 13.2 Å². The number of nitrogens with zero attached hydrogens (tertiary/aromatic N) is 3. The highest BCUT2D eigenvalue weighted by molar-refractivity contribution is 5.56. The third-order valence-electron chi connectivity index (χ3n) is 2.80. The van der Waals surface area contributed by atoms with Crippen molar-refractivity contribution in [3.05, 3.63) is 18.1 Å².